The Labute approximate surface area is 66.7 Å². The van der Waals surface area contributed by atoms with Gasteiger partial charge in [0.15, 0.2) is 0 Å². The zero-order valence-corrected chi connectivity index (χ0v) is 6.66. The van der Waals surface area contributed by atoms with E-state index < -0.39 is 0 Å². The van der Waals surface area contributed by atoms with Gasteiger partial charge in [-0.2, -0.15) is 5.10 Å². The maximum atomic E-state index is 11.1. The second kappa shape index (κ2) is 3.18. The summed E-state index contributed by atoms with van der Waals surface area (Å²) in [6.07, 6.45) is 3.23. The first kappa shape index (κ1) is 7.78. The van der Waals surface area contributed by atoms with E-state index in [1.165, 1.54) is 0 Å². The molecule has 0 aliphatic carbocycles. The van der Waals surface area contributed by atoms with Crippen LogP contribution >= 0.6 is 0 Å². The average molecular weight is 155 g/mol. The first-order valence-electron chi connectivity index (χ1n) is 3.51. The van der Waals surface area contributed by atoms with E-state index in [0.717, 1.165) is 0 Å². The lowest BCUT2D eigenvalue weighted by Gasteiger charge is -1.95. The fourth-order valence-corrected chi connectivity index (χ4v) is 0.801. The molecule has 1 aromatic heterocycles. The van der Waals surface area contributed by atoms with Crippen molar-refractivity contribution >= 4 is 5.91 Å². The molecule has 1 N–H and O–H groups in total. The lowest BCUT2D eigenvalue weighted by atomic mass is 10.3. The third-order valence-corrected chi connectivity index (χ3v) is 1.30. The second-order valence-electron chi connectivity index (χ2n) is 2.26. The molecule has 0 bridgehead atoms. The Bertz CT molecular complexity index is 259. The summed E-state index contributed by atoms with van der Waals surface area (Å²) in [5.74, 6) is -0.0689. The van der Waals surface area contributed by atoms with Crippen LogP contribution in [0.15, 0.2) is 12.4 Å². The number of carbonyl (C=O) groups excluding carboxylic acids is 1. The van der Waals surface area contributed by atoms with Gasteiger partial charge < -0.3 is 5.32 Å². The molecule has 11 heavy (non-hydrogen) atoms. The van der Waals surface area contributed by atoms with Crippen LogP contribution < -0.4 is 5.32 Å². The van der Waals surface area contributed by atoms with E-state index in [1.54, 1.807) is 24.1 Å². The average Bonchev–Trinajstić information content (AvgIpc) is 2.36. The molecule has 1 amide bonds. The van der Waals surface area contributed by atoms with Crippen molar-refractivity contribution in [2.75, 3.05) is 6.54 Å². The van der Waals surface area contributed by atoms with Gasteiger partial charge >= 0.3 is 0 Å². The normalized spacial score (nSPS) is 9.64. The molecule has 62 valence electrons. The number of aryl methyl sites for hydroxylation is 1. The molecule has 0 saturated heterocycles. The summed E-state index contributed by atoms with van der Waals surface area (Å²) in [5.41, 5.74) is 0.606. The largest absolute Gasteiger partial charge is 0.352 e. The molecular formula is C7H13N3O. The van der Waals surface area contributed by atoms with Crippen LogP contribution in [0.25, 0.3) is 0 Å². The molecule has 4 heteroatoms. The number of nitrogens with one attached hydrogen (secondary N) is 1. The van der Waals surface area contributed by atoms with Crippen LogP contribution in [0.4, 0.5) is 0 Å². The molecule has 0 unspecified atom stereocenters. The minimum atomic E-state index is -0.0689. The number of aromatic nitrogens is 2. The highest BCUT2D eigenvalue weighted by Gasteiger charge is 2.04. The van der Waals surface area contributed by atoms with E-state index in [0.29, 0.717) is 12.1 Å². The molecule has 0 radical (unpaired) electrons. The number of rotatable bonds is 2. The van der Waals surface area contributed by atoms with Crippen LogP contribution in [0, 0.1) is 0 Å². The second-order valence-corrected chi connectivity index (χ2v) is 2.26. The van der Waals surface area contributed by atoms with Gasteiger partial charge in [0.2, 0.25) is 0 Å². The number of carbonyl (C=O) groups is 1. The molecule has 0 aliphatic heterocycles. The van der Waals surface area contributed by atoms with Crippen LogP contribution in [-0.4, -0.2) is 22.2 Å². The summed E-state index contributed by atoms with van der Waals surface area (Å²) < 4.78 is 1.60. The van der Waals surface area contributed by atoms with Crippen molar-refractivity contribution in [2.45, 2.75) is 6.92 Å². The maximum absolute atomic E-state index is 11.1. The minimum absolute atomic E-state index is 0. The van der Waals surface area contributed by atoms with E-state index in [9.17, 15) is 4.79 Å². The topological polar surface area (TPSA) is 46.9 Å². The molecule has 0 aliphatic rings. The third kappa shape index (κ3) is 1.80. The maximum Gasteiger partial charge on any atom is 0.254 e. The van der Waals surface area contributed by atoms with Gasteiger partial charge in [-0.15, -0.1) is 0 Å². The van der Waals surface area contributed by atoms with Crippen molar-refractivity contribution in [3.8, 4) is 0 Å². The van der Waals surface area contributed by atoms with Crippen LogP contribution in [-0.2, 0) is 7.05 Å². The van der Waals surface area contributed by atoms with Crippen molar-refractivity contribution in [2.24, 2.45) is 7.05 Å². The Morgan fingerprint density at radius 2 is 2.64 bits per heavy atom. The fraction of sp³-hybridized carbons (Fsp3) is 0.429. The lowest BCUT2D eigenvalue weighted by Crippen LogP contribution is -2.22. The SMILES string of the molecule is CCNC(=O)c1cnn(C)c1.[HH]. The zero-order chi connectivity index (χ0) is 8.27. The first-order valence-corrected chi connectivity index (χ1v) is 3.51. The van der Waals surface area contributed by atoms with Crippen LogP contribution in [0.5, 0.6) is 0 Å². The monoisotopic (exact) mass is 155 g/mol. The van der Waals surface area contributed by atoms with E-state index in [2.05, 4.69) is 10.4 Å². The molecule has 0 fully saturated rings. The summed E-state index contributed by atoms with van der Waals surface area (Å²) in [5, 5.41) is 6.56. The number of hydrogen-bond donors (Lipinski definition) is 1. The lowest BCUT2D eigenvalue weighted by molar-refractivity contribution is 0.0956. The van der Waals surface area contributed by atoms with Crippen LogP contribution in [0.1, 0.15) is 18.7 Å². The molecule has 0 spiro atoms. The fourth-order valence-electron chi connectivity index (χ4n) is 0.801. The van der Waals surface area contributed by atoms with Gasteiger partial charge in [0, 0.05) is 21.2 Å². The van der Waals surface area contributed by atoms with E-state index in [4.69, 9.17) is 0 Å². The predicted octanol–water partition coefficient (Wildman–Crippen LogP) is 0.416. The highest BCUT2D eigenvalue weighted by molar-refractivity contribution is 5.93. The Kier molecular flexibility index (Phi) is 2.25. The van der Waals surface area contributed by atoms with Gasteiger partial charge in [-0.05, 0) is 6.92 Å². The quantitative estimate of drug-likeness (QED) is 0.672. The van der Waals surface area contributed by atoms with Gasteiger partial charge in [-0.1, -0.05) is 0 Å². The van der Waals surface area contributed by atoms with Crippen molar-refractivity contribution in [3.63, 3.8) is 0 Å². The van der Waals surface area contributed by atoms with Gasteiger partial charge in [-0.3, -0.25) is 9.48 Å². The molecule has 1 heterocycles. The zero-order valence-electron chi connectivity index (χ0n) is 6.66. The summed E-state index contributed by atoms with van der Waals surface area (Å²) in [4.78, 5) is 11.1. The van der Waals surface area contributed by atoms with E-state index in [-0.39, 0.29) is 7.33 Å². The Morgan fingerprint density at radius 3 is 3.09 bits per heavy atom. The number of amides is 1. The summed E-state index contributed by atoms with van der Waals surface area (Å²) >= 11 is 0. The molecule has 4 nitrogen and oxygen atoms in total. The first-order chi connectivity index (χ1) is 5.24. The predicted molar refractivity (Wildman–Crippen MR) is 43.3 cm³/mol. The molecule has 1 rings (SSSR count). The van der Waals surface area contributed by atoms with Crippen molar-refractivity contribution in [3.05, 3.63) is 18.0 Å². The summed E-state index contributed by atoms with van der Waals surface area (Å²) in [6.45, 7) is 2.53. The molecule has 0 saturated carbocycles. The molecule has 0 atom stereocenters. The number of nitrogens with zero attached hydrogens (tertiary/aromatic N) is 2. The number of hydrogen-bond acceptors (Lipinski definition) is 2. The van der Waals surface area contributed by atoms with Crippen molar-refractivity contribution < 1.29 is 6.22 Å². The molecule has 0 aromatic carbocycles. The van der Waals surface area contributed by atoms with Gasteiger partial charge in [0.25, 0.3) is 5.91 Å². The smallest absolute Gasteiger partial charge is 0.254 e. The van der Waals surface area contributed by atoms with E-state index >= 15 is 0 Å². The molecular weight excluding hydrogens is 142 g/mol. The van der Waals surface area contributed by atoms with Crippen molar-refractivity contribution in [1.29, 1.82) is 0 Å². The van der Waals surface area contributed by atoms with Crippen LogP contribution in [0.2, 0.25) is 0 Å². The standard InChI is InChI=1S/C7H11N3O.H2/c1-3-8-7(11)6-4-9-10(2)5-6;/h4-5H,3H2,1-2H3,(H,8,11);1H. The van der Waals surface area contributed by atoms with Gasteiger partial charge in [0.05, 0.1) is 11.8 Å². The Balaban J connectivity index is 0.00000121. The summed E-state index contributed by atoms with van der Waals surface area (Å²) in [6, 6.07) is 0. The van der Waals surface area contributed by atoms with E-state index in [1.807, 2.05) is 6.92 Å². The minimum Gasteiger partial charge on any atom is -0.352 e. The van der Waals surface area contributed by atoms with Crippen LogP contribution in [0.3, 0.4) is 0 Å². The Morgan fingerprint density at radius 1 is 1.91 bits per heavy atom. The van der Waals surface area contributed by atoms with Gasteiger partial charge in [-0.25, -0.2) is 0 Å². The van der Waals surface area contributed by atoms with Crippen molar-refractivity contribution in [1.82, 2.24) is 15.1 Å². The highest BCUT2D eigenvalue weighted by Crippen LogP contribution is 1.94. The summed E-state index contributed by atoms with van der Waals surface area (Å²) in [7, 11) is 1.78. The highest BCUT2D eigenvalue weighted by atomic mass is 16.1. The van der Waals surface area contributed by atoms with Gasteiger partial charge in [0.1, 0.15) is 0 Å². The Hall–Kier alpha value is -1.32. The third-order valence-electron chi connectivity index (χ3n) is 1.30. The molecule has 1 aromatic rings.